The zero-order valence-electron chi connectivity index (χ0n) is 20.9. The van der Waals surface area contributed by atoms with Gasteiger partial charge in [-0.15, -0.1) is 5.10 Å². The molecule has 3 heterocycles. The molecule has 0 saturated carbocycles. The minimum atomic E-state index is -0.516. The van der Waals surface area contributed by atoms with Gasteiger partial charge in [-0.3, -0.25) is 9.78 Å². The molecule has 2 aromatic heterocycles. The van der Waals surface area contributed by atoms with Crippen LogP contribution in [0.25, 0.3) is 11.4 Å². The molecule has 0 saturated heterocycles. The Kier molecular flexibility index (Phi) is 6.46. The Morgan fingerprint density at radius 1 is 1.00 bits per heavy atom. The standard InChI is InChI=1S/C27H26N6O4/c1-16-22(26(34)30-19-11-8-12-28-15-19)23(17-9-6-5-7-10-17)33-27(29-16)31-25(32-33)18-13-20(35-2)24(37-4)21(14-18)36-3/h5-15,23H,1-4H3,(H,30,34)(H,29,31,32). The highest BCUT2D eigenvalue weighted by molar-refractivity contribution is 6.05. The van der Waals surface area contributed by atoms with E-state index in [-0.39, 0.29) is 5.91 Å². The van der Waals surface area contributed by atoms with Crippen LogP contribution in [-0.4, -0.2) is 47.0 Å². The van der Waals surface area contributed by atoms with E-state index >= 15 is 0 Å². The first-order valence-electron chi connectivity index (χ1n) is 11.5. The van der Waals surface area contributed by atoms with Crippen LogP contribution in [0.4, 0.5) is 11.6 Å². The van der Waals surface area contributed by atoms with Crippen LogP contribution in [0.3, 0.4) is 0 Å². The molecule has 0 radical (unpaired) electrons. The lowest BCUT2D eigenvalue weighted by atomic mass is 9.95. The maximum absolute atomic E-state index is 13.5. The predicted molar refractivity (Wildman–Crippen MR) is 139 cm³/mol. The molecule has 0 spiro atoms. The van der Waals surface area contributed by atoms with E-state index in [1.54, 1.807) is 62.7 Å². The number of allylic oxidation sites excluding steroid dienone is 1. The number of fused-ring (bicyclic) bond motifs is 1. The maximum Gasteiger partial charge on any atom is 0.255 e. The minimum Gasteiger partial charge on any atom is -0.493 e. The van der Waals surface area contributed by atoms with Crippen molar-refractivity contribution in [3.8, 4) is 28.6 Å². The third-order valence-electron chi connectivity index (χ3n) is 6.05. The van der Waals surface area contributed by atoms with E-state index in [0.29, 0.717) is 51.5 Å². The summed E-state index contributed by atoms with van der Waals surface area (Å²) in [4.78, 5) is 22.4. The van der Waals surface area contributed by atoms with E-state index in [1.165, 1.54) is 0 Å². The molecular formula is C27H26N6O4. The number of benzene rings is 2. The second kappa shape index (κ2) is 10.0. The van der Waals surface area contributed by atoms with E-state index < -0.39 is 6.04 Å². The van der Waals surface area contributed by atoms with Gasteiger partial charge in [0.1, 0.15) is 6.04 Å². The predicted octanol–water partition coefficient (Wildman–Crippen LogP) is 4.29. The monoisotopic (exact) mass is 498 g/mol. The van der Waals surface area contributed by atoms with Crippen molar-refractivity contribution in [3.05, 3.63) is 83.8 Å². The summed E-state index contributed by atoms with van der Waals surface area (Å²) in [5.41, 5.74) is 3.35. The summed E-state index contributed by atoms with van der Waals surface area (Å²) in [6.45, 7) is 1.85. The number of anilines is 2. The van der Waals surface area contributed by atoms with E-state index in [2.05, 4.69) is 15.6 Å². The molecule has 1 aliphatic heterocycles. The molecule has 0 fully saturated rings. The fraction of sp³-hybridized carbons (Fsp3) is 0.185. The quantitative estimate of drug-likeness (QED) is 0.388. The molecule has 2 aromatic carbocycles. The number of nitrogens with zero attached hydrogens (tertiary/aromatic N) is 4. The third-order valence-corrected chi connectivity index (χ3v) is 6.05. The van der Waals surface area contributed by atoms with Gasteiger partial charge in [-0.2, -0.15) is 4.98 Å². The summed E-state index contributed by atoms with van der Waals surface area (Å²) < 4.78 is 18.2. The Morgan fingerprint density at radius 2 is 1.73 bits per heavy atom. The average molecular weight is 499 g/mol. The first-order valence-corrected chi connectivity index (χ1v) is 11.5. The molecule has 1 amide bonds. The summed E-state index contributed by atoms with van der Waals surface area (Å²) in [6.07, 6.45) is 3.26. The minimum absolute atomic E-state index is 0.262. The van der Waals surface area contributed by atoms with Crippen LogP contribution < -0.4 is 24.8 Å². The number of ether oxygens (including phenoxy) is 3. The summed E-state index contributed by atoms with van der Waals surface area (Å²) in [6, 6.07) is 16.3. The van der Waals surface area contributed by atoms with Gasteiger partial charge >= 0.3 is 0 Å². The highest BCUT2D eigenvalue weighted by atomic mass is 16.5. The van der Waals surface area contributed by atoms with Gasteiger partial charge in [0.2, 0.25) is 11.7 Å². The van der Waals surface area contributed by atoms with Crippen LogP contribution in [0.2, 0.25) is 0 Å². The van der Waals surface area contributed by atoms with Gasteiger partial charge in [0.25, 0.3) is 5.91 Å². The summed E-state index contributed by atoms with van der Waals surface area (Å²) >= 11 is 0. The molecule has 10 heteroatoms. The number of methoxy groups -OCH3 is 3. The van der Waals surface area contributed by atoms with Gasteiger partial charge in [-0.1, -0.05) is 30.3 Å². The number of carbonyl (C=O) groups is 1. The molecule has 0 aliphatic carbocycles. The van der Waals surface area contributed by atoms with Crippen LogP contribution in [0.1, 0.15) is 18.5 Å². The van der Waals surface area contributed by atoms with Crippen molar-refractivity contribution in [2.45, 2.75) is 13.0 Å². The zero-order chi connectivity index (χ0) is 25.9. The molecule has 188 valence electrons. The lowest BCUT2D eigenvalue weighted by Gasteiger charge is -2.28. The lowest BCUT2D eigenvalue weighted by molar-refractivity contribution is -0.113. The van der Waals surface area contributed by atoms with Crippen LogP contribution in [0.5, 0.6) is 17.2 Å². The van der Waals surface area contributed by atoms with Crippen molar-refractivity contribution >= 4 is 17.5 Å². The number of hydrogen-bond donors (Lipinski definition) is 2. The van der Waals surface area contributed by atoms with Crippen LogP contribution in [0, 0.1) is 0 Å². The Morgan fingerprint density at radius 3 is 2.35 bits per heavy atom. The highest BCUT2D eigenvalue weighted by Crippen LogP contribution is 2.42. The van der Waals surface area contributed by atoms with Crippen molar-refractivity contribution in [2.75, 3.05) is 32.0 Å². The second-order valence-corrected chi connectivity index (χ2v) is 8.29. The fourth-order valence-corrected chi connectivity index (χ4v) is 4.36. The number of hydrogen-bond acceptors (Lipinski definition) is 8. The Bertz CT molecular complexity index is 1440. The molecule has 0 bridgehead atoms. The largest absolute Gasteiger partial charge is 0.493 e. The first-order chi connectivity index (χ1) is 18.0. The van der Waals surface area contributed by atoms with Gasteiger partial charge in [-0.25, -0.2) is 4.68 Å². The Balaban J connectivity index is 1.61. The SMILES string of the molecule is COc1cc(-c2nc3n(n2)C(c2ccccc2)C(C(=O)Nc2cccnc2)=C(C)N3)cc(OC)c1OC. The molecule has 1 atom stereocenters. The van der Waals surface area contributed by atoms with Gasteiger partial charge in [-0.05, 0) is 36.8 Å². The van der Waals surface area contributed by atoms with Crippen LogP contribution in [0.15, 0.2) is 78.3 Å². The lowest BCUT2D eigenvalue weighted by Crippen LogP contribution is -2.31. The molecule has 37 heavy (non-hydrogen) atoms. The molecule has 1 unspecified atom stereocenters. The molecule has 1 aliphatic rings. The topological polar surface area (TPSA) is 112 Å². The van der Waals surface area contributed by atoms with Crippen LogP contribution in [-0.2, 0) is 4.79 Å². The number of amides is 1. The average Bonchev–Trinajstić information content (AvgIpc) is 3.36. The Hall–Kier alpha value is -4.86. The van der Waals surface area contributed by atoms with Gasteiger partial charge in [0.05, 0.1) is 38.8 Å². The number of rotatable bonds is 7. The number of pyridine rings is 1. The maximum atomic E-state index is 13.5. The van der Waals surface area contributed by atoms with Gasteiger partial charge in [0.15, 0.2) is 17.3 Å². The molecule has 5 rings (SSSR count). The van der Waals surface area contributed by atoms with Crippen molar-refractivity contribution < 1.29 is 19.0 Å². The molecule has 4 aromatic rings. The summed E-state index contributed by atoms with van der Waals surface area (Å²) in [5.74, 6) is 2.13. The van der Waals surface area contributed by atoms with E-state index in [9.17, 15) is 4.79 Å². The van der Waals surface area contributed by atoms with E-state index in [1.807, 2.05) is 37.3 Å². The van der Waals surface area contributed by atoms with Crippen LogP contribution >= 0.6 is 0 Å². The van der Waals surface area contributed by atoms with Crippen molar-refractivity contribution in [1.82, 2.24) is 19.7 Å². The molecule has 2 N–H and O–H groups in total. The fourth-order valence-electron chi connectivity index (χ4n) is 4.36. The third kappa shape index (κ3) is 4.44. The zero-order valence-corrected chi connectivity index (χ0v) is 20.9. The summed E-state index contributed by atoms with van der Waals surface area (Å²) in [5, 5.41) is 11.0. The van der Waals surface area contributed by atoms with E-state index in [4.69, 9.17) is 24.3 Å². The molecule has 10 nitrogen and oxygen atoms in total. The number of nitrogens with one attached hydrogen (secondary N) is 2. The number of carbonyl (C=O) groups excluding carboxylic acids is 1. The van der Waals surface area contributed by atoms with Crippen molar-refractivity contribution in [3.63, 3.8) is 0 Å². The van der Waals surface area contributed by atoms with Crippen molar-refractivity contribution in [1.29, 1.82) is 0 Å². The van der Waals surface area contributed by atoms with Gasteiger partial charge in [0, 0.05) is 17.5 Å². The normalized spacial score (nSPS) is 14.4. The highest BCUT2D eigenvalue weighted by Gasteiger charge is 2.34. The Labute approximate surface area is 213 Å². The van der Waals surface area contributed by atoms with E-state index in [0.717, 1.165) is 5.56 Å². The second-order valence-electron chi connectivity index (χ2n) is 8.29. The van der Waals surface area contributed by atoms with Gasteiger partial charge < -0.3 is 24.8 Å². The first kappa shape index (κ1) is 23.9. The summed E-state index contributed by atoms with van der Waals surface area (Å²) in [7, 11) is 4.66. The molecular weight excluding hydrogens is 472 g/mol. The van der Waals surface area contributed by atoms with Crippen molar-refractivity contribution in [2.24, 2.45) is 0 Å². The smallest absolute Gasteiger partial charge is 0.255 e. The number of aromatic nitrogens is 4.